The largest absolute Gasteiger partial charge is 0.455 e. The Bertz CT molecular complexity index is 823. The van der Waals surface area contributed by atoms with Gasteiger partial charge in [-0.25, -0.2) is 4.39 Å². The summed E-state index contributed by atoms with van der Waals surface area (Å²) in [6.07, 6.45) is 0. The zero-order chi connectivity index (χ0) is 16.8. The van der Waals surface area contributed by atoms with Crippen LogP contribution in [-0.2, 0) is 16.1 Å². The van der Waals surface area contributed by atoms with Gasteiger partial charge in [0.25, 0.3) is 5.89 Å². The van der Waals surface area contributed by atoms with E-state index in [1.54, 1.807) is 18.2 Å². The number of rotatable bonds is 6. The van der Waals surface area contributed by atoms with E-state index in [9.17, 15) is 9.18 Å². The molecule has 0 aliphatic rings. The van der Waals surface area contributed by atoms with Crippen molar-refractivity contribution in [2.45, 2.75) is 11.5 Å². The van der Waals surface area contributed by atoms with Crippen LogP contribution in [0, 0.1) is 5.82 Å². The van der Waals surface area contributed by atoms with Gasteiger partial charge in [0, 0.05) is 10.5 Å². The Labute approximate surface area is 141 Å². The average molecular weight is 344 g/mol. The summed E-state index contributed by atoms with van der Waals surface area (Å²) in [7, 11) is 0. The standard InChI is InChI=1S/C17H13FN2O3S/c18-13-8-4-5-9-14(13)24-11-16(21)22-10-15-19-20-17(23-15)12-6-2-1-3-7-12/h1-9H,10-11H2. The number of halogens is 1. The van der Waals surface area contributed by atoms with Gasteiger partial charge in [-0.1, -0.05) is 30.3 Å². The zero-order valence-electron chi connectivity index (χ0n) is 12.5. The number of nitrogens with zero attached hydrogens (tertiary/aromatic N) is 2. The van der Waals surface area contributed by atoms with Crippen molar-refractivity contribution in [2.24, 2.45) is 0 Å². The van der Waals surface area contributed by atoms with Gasteiger partial charge in [-0.05, 0) is 24.3 Å². The summed E-state index contributed by atoms with van der Waals surface area (Å²) in [5.74, 6) is -0.274. The summed E-state index contributed by atoms with van der Waals surface area (Å²) in [5, 5.41) is 7.74. The topological polar surface area (TPSA) is 65.2 Å². The Morgan fingerprint density at radius 1 is 1.08 bits per heavy atom. The van der Waals surface area contributed by atoms with Crippen molar-refractivity contribution in [3.05, 3.63) is 66.3 Å². The SMILES string of the molecule is O=C(CSc1ccccc1F)OCc1nnc(-c2ccccc2)o1. The molecule has 0 spiro atoms. The first-order valence-corrected chi connectivity index (χ1v) is 8.11. The molecule has 0 radical (unpaired) electrons. The van der Waals surface area contributed by atoms with Crippen molar-refractivity contribution < 1.29 is 18.3 Å². The maximum atomic E-state index is 13.4. The molecule has 3 aromatic rings. The Morgan fingerprint density at radius 3 is 2.62 bits per heavy atom. The van der Waals surface area contributed by atoms with Gasteiger partial charge >= 0.3 is 5.97 Å². The van der Waals surface area contributed by atoms with Gasteiger partial charge in [0.1, 0.15) is 5.82 Å². The highest BCUT2D eigenvalue weighted by Crippen LogP contribution is 2.21. The monoisotopic (exact) mass is 344 g/mol. The first-order valence-electron chi connectivity index (χ1n) is 7.13. The van der Waals surface area contributed by atoms with E-state index in [1.807, 2.05) is 30.3 Å². The third kappa shape index (κ3) is 4.20. The molecule has 0 aliphatic carbocycles. The molecule has 0 fully saturated rings. The first-order chi connectivity index (χ1) is 11.7. The lowest BCUT2D eigenvalue weighted by atomic mass is 10.2. The normalized spacial score (nSPS) is 10.5. The smallest absolute Gasteiger partial charge is 0.316 e. The van der Waals surface area contributed by atoms with Crippen molar-refractivity contribution in [3.8, 4) is 11.5 Å². The molecule has 7 heteroatoms. The van der Waals surface area contributed by atoms with Crippen molar-refractivity contribution in [2.75, 3.05) is 5.75 Å². The second-order valence-electron chi connectivity index (χ2n) is 4.75. The van der Waals surface area contributed by atoms with Crippen LogP contribution in [0.4, 0.5) is 4.39 Å². The van der Waals surface area contributed by atoms with Crippen LogP contribution in [0.25, 0.3) is 11.5 Å². The third-order valence-corrected chi connectivity index (χ3v) is 4.05. The van der Waals surface area contributed by atoms with Crippen LogP contribution in [-0.4, -0.2) is 21.9 Å². The Balaban J connectivity index is 1.50. The van der Waals surface area contributed by atoms with Crippen LogP contribution in [0.3, 0.4) is 0 Å². The van der Waals surface area contributed by atoms with E-state index in [0.717, 1.165) is 17.3 Å². The lowest BCUT2D eigenvalue weighted by Gasteiger charge is -2.03. The number of hydrogen-bond donors (Lipinski definition) is 0. The number of aromatic nitrogens is 2. The molecule has 0 saturated heterocycles. The van der Waals surface area contributed by atoms with E-state index < -0.39 is 5.97 Å². The number of carbonyl (C=O) groups is 1. The quantitative estimate of drug-likeness (QED) is 0.502. The Morgan fingerprint density at radius 2 is 1.83 bits per heavy atom. The number of ether oxygens (including phenoxy) is 1. The molecule has 5 nitrogen and oxygen atoms in total. The Kier molecular flexibility index (Phi) is 5.22. The molecule has 0 N–H and O–H groups in total. The van der Waals surface area contributed by atoms with E-state index in [-0.39, 0.29) is 24.1 Å². The lowest BCUT2D eigenvalue weighted by Crippen LogP contribution is -2.07. The summed E-state index contributed by atoms with van der Waals surface area (Å²) in [6, 6.07) is 15.5. The molecule has 1 aromatic heterocycles. The van der Waals surface area contributed by atoms with Gasteiger partial charge in [-0.3, -0.25) is 4.79 Å². The van der Waals surface area contributed by atoms with Crippen molar-refractivity contribution >= 4 is 17.7 Å². The average Bonchev–Trinajstić information content (AvgIpc) is 3.09. The van der Waals surface area contributed by atoms with Crippen molar-refractivity contribution in [3.63, 3.8) is 0 Å². The molecule has 122 valence electrons. The number of thioether (sulfide) groups is 1. The van der Waals surface area contributed by atoms with E-state index >= 15 is 0 Å². The number of hydrogen-bond acceptors (Lipinski definition) is 6. The van der Waals surface area contributed by atoms with Gasteiger partial charge in [0.05, 0.1) is 5.75 Å². The predicted octanol–water partition coefficient (Wildman–Crippen LogP) is 3.71. The van der Waals surface area contributed by atoms with Crippen LogP contribution < -0.4 is 0 Å². The minimum Gasteiger partial charge on any atom is -0.455 e. The van der Waals surface area contributed by atoms with E-state index in [1.165, 1.54) is 6.07 Å². The van der Waals surface area contributed by atoms with Gasteiger partial charge < -0.3 is 9.15 Å². The third-order valence-electron chi connectivity index (χ3n) is 3.03. The second-order valence-corrected chi connectivity index (χ2v) is 5.76. The molecular weight excluding hydrogens is 331 g/mol. The van der Waals surface area contributed by atoms with Crippen molar-refractivity contribution in [1.82, 2.24) is 10.2 Å². The minimum absolute atomic E-state index is 0.000608. The first kappa shape index (κ1) is 16.2. The molecule has 0 amide bonds. The summed E-state index contributed by atoms with van der Waals surface area (Å²) in [5.41, 5.74) is 0.790. The molecule has 2 aromatic carbocycles. The summed E-state index contributed by atoms with van der Waals surface area (Å²) < 4.78 is 23.9. The molecule has 0 unspecified atom stereocenters. The van der Waals surface area contributed by atoms with E-state index in [0.29, 0.717) is 10.8 Å². The summed E-state index contributed by atoms with van der Waals surface area (Å²) >= 11 is 1.08. The van der Waals surface area contributed by atoms with E-state index in [2.05, 4.69) is 10.2 Å². The van der Waals surface area contributed by atoms with Crippen molar-refractivity contribution in [1.29, 1.82) is 0 Å². The number of esters is 1. The fraction of sp³-hybridized carbons (Fsp3) is 0.118. The molecule has 0 saturated carbocycles. The van der Waals surface area contributed by atoms with Crippen LogP contribution in [0.2, 0.25) is 0 Å². The van der Waals surface area contributed by atoms with Crippen LogP contribution in [0.15, 0.2) is 63.9 Å². The molecule has 1 heterocycles. The van der Waals surface area contributed by atoms with Gasteiger partial charge in [0.2, 0.25) is 5.89 Å². The highest BCUT2D eigenvalue weighted by Gasteiger charge is 2.12. The summed E-state index contributed by atoms with van der Waals surface area (Å²) in [4.78, 5) is 12.1. The van der Waals surface area contributed by atoms with Crippen LogP contribution in [0.1, 0.15) is 5.89 Å². The maximum Gasteiger partial charge on any atom is 0.316 e. The van der Waals surface area contributed by atoms with E-state index in [4.69, 9.17) is 9.15 Å². The molecule has 0 aliphatic heterocycles. The minimum atomic E-state index is -0.484. The van der Waals surface area contributed by atoms with Gasteiger partial charge in [-0.15, -0.1) is 22.0 Å². The highest BCUT2D eigenvalue weighted by atomic mass is 32.2. The molecule has 0 atom stereocenters. The molecule has 3 rings (SSSR count). The van der Waals surface area contributed by atoms with Crippen LogP contribution in [0.5, 0.6) is 0 Å². The fourth-order valence-electron chi connectivity index (χ4n) is 1.89. The van der Waals surface area contributed by atoms with Gasteiger partial charge in [0.15, 0.2) is 6.61 Å². The molecule has 0 bridgehead atoms. The maximum absolute atomic E-state index is 13.4. The zero-order valence-corrected chi connectivity index (χ0v) is 13.3. The second kappa shape index (κ2) is 7.74. The fourth-order valence-corrected chi connectivity index (χ4v) is 2.63. The number of benzene rings is 2. The molecular formula is C17H13FN2O3S. The number of carbonyl (C=O) groups excluding carboxylic acids is 1. The predicted molar refractivity (Wildman–Crippen MR) is 86.7 cm³/mol. The van der Waals surface area contributed by atoms with Gasteiger partial charge in [-0.2, -0.15) is 0 Å². The highest BCUT2D eigenvalue weighted by molar-refractivity contribution is 8.00. The summed E-state index contributed by atoms with van der Waals surface area (Å²) in [6.45, 7) is -0.115. The lowest BCUT2D eigenvalue weighted by molar-refractivity contribution is -0.142. The molecule has 24 heavy (non-hydrogen) atoms. The van der Waals surface area contributed by atoms with Crippen LogP contribution >= 0.6 is 11.8 Å². The Hall–Kier alpha value is -2.67.